The summed E-state index contributed by atoms with van der Waals surface area (Å²) in [4.78, 5) is 4.76. The van der Waals surface area contributed by atoms with Crippen LogP contribution in [0.15, 0.2) is 22.7 Å². The molecule has 1 aromatic carbocycles. The third kappa shape index (κ3) is 3.47. The van der Waals surface area contributed by atoms with E-state index in [0.29, 0.717) is 11.5 Å². The predicted molar refractivity (Wildman–Crippen MR) is 85.6 cm³/mol. The molecule has 0 bridgehead atoms. The molecule has 1 aliphatic rings. The smallest absolute Gasteiger partial charge is 0.170 e. The van der Waals surface area contributed by atoms with Gasteiger partial charge in [0.25, 0.3) is 0 Å². The highest BCUT2D eigenvalue weighted by Crippen LogP contribution is 2.32. The molecule has 4 nitrogen and oxygen atoms in total. The first kappa shape index (κ1) is 15.4. The number of aromatic nitrogens is 1. The molecule has 0 spiro atoms. The monoisotopic (exact) mass is 305 g/mol. The lowest BCUT2D eigenvalue weighted by Gasteiger charge is -2.31. The molecule has 1 fully saturated rings. The first-order chi connectivity index (χ1) is 10.6. The van der Waals surface area contributed by atoms with Gasteiger partial charge in [-0.25, -0.2) is 4.39 Å². The second-order valence-corrected chi connectivity index (χ2v) is 6.48. The zero-order valence-electron chi connectivity index (χ0n) is 13.4. The molecule has 0 amide bonds. The van der Waals surface area contributed by atoms with Gasteiger partial charge < -0.3 is 14.3 Å². The van der Waals surface area contributed by atoms with Gasteiger partial charge in [0, 0.05) is 17.4 Å². The Morgan fingerprint density at radius 2 is 2.09 bits per heavy atom. The Balaban J connectivity index is 1.58. The van der Waals surface area contributed by atoms with Crippen LogP contribution in [0.25, 0.3) is 11.0 Å². The fourth-order valence-corrected chi connectivity index (χ4v) is 3.27. The molecule has 0 saturated carbocycles. The van der Waals surface area contributed by atoms with Gasteiger partial charge in [-0.15, -0.1) is 0 Å². The minimum absolute atomic E-state index is 0.272. The van der Waals surface area contributed by atoms with Crippen molar-refractivity contribution < 1.29 is 8.91 Å². The normalized spacial score (nSPS) is 17.6. The summed E-state index contributed by atoms with van der Waals surface area (Å²) in [6.07, 6.45) is 3.41. The highest BCUT2D eigenvalue weighted by molar-refractivity contribution is 5.79. The molecule has 2 heterocycles. The molecule has 1 aromatic heterocycles. The maximum atomic E-state index is 13.2. The van der Waals surface area contributed by atoms with E-state index in [1.165, 1.54) is 18.6 Å². The standard InChI is InChI=1S/C17H24FN3O/c1-20(2)8-3-9-21-10-6-13(7-11-21)17-15-5-4-14(18)12-16(15)22-19-17/h4-5,12-13H,3,6-11H2,1-2H3. The number of likely N-dealkylation sites (tertiary alicyclic amines) is 1. The van der Waals surface area contributed by atoms with Gasteiger partial charge in [0.05, 0.1) is 5.69 Å². The van der Waals surface area contributed by atoms with Crippen LogP contribution < -0.4 is 0 Å². The van der Waals surface area contributed by atoms with Crippen LogP contribution in [0.4, 0.5) is 4.39 Å². The summed E-state index contributed by atoms with van der Waals surface area (Å²) < 4.78 is 18.5. The Hall–Kier alpha value is -1.46. The summed E-state index contributed by atoms with van der Waals surface area (Å²) in [6.45, 7) is 4.51. The zero-order chi connectivity index (χ0) is 15.5. The number of hydrogen-bond acceptors (Lipinski definition) is 4. The molecular formula is C17H24FN3O. The van der Waals surface area contributed by atoms with Crippen molar-refractivity contribution in [1.82, 2.24) is 15.0 Å². The van der Waals surface area contributed by atoms with Crippen molar-refractivity contribution in [2.45, 2.75) is 25.2 Å². The fourth-order valence-electron chi connectivity index (χ4n) is 3.27. The molecule has 0 N–H and O–H groups in total. The molecule has 0 unspecified atom stereocenters. The van der Waals surface area contributed by atoms with Crippen LogP contribution in [0.1, 0.15) is 30.9 Å². The lowest BCUT2D eigenvalue weighted by molar-refractivity contribution is 0.200. The van der Waals surface area contributed by atoms with Crippen molar-refractivity contribution in [3.63, 3.8) is 0 Å². The second kappa shape index (κ2) is 6.75. The second-order valence-electron chi connectivity index (χ2n) is 6.48. The summed E-state index contributed by atoms with van der Waals surface area (Å²) >= 11 is 0. The minimum Gasteiger partial charge on any atom is -0.356 e. The molecule has 120 valence electrons. The average Bonchev–Trinajstić information content (AvgIpc) is 2.90. The van der Waals surface area contributed by atoms with E-state index in [1.54, 1.807) is 6.07 Å². The van der Waals surface area contributed by atoms with Crippen LogP contribution in [-0.2, 0) is 0 Å². The summed E-state index contributed by atoms with van der Waals surface area (Å²) in [5, 5.41) is 5.17. The van der Waals surface area contributed by atoms with Crippen molar-refractivity contribution in [3.8, 4) is 0 Å². The van der Waals surface area contributed by atoms with Crippen LogP contribution in [0.2, 0.25) is 0 Å². The van der Waals surface area contributed by atoms with Gasteiger partial charge in [-0.1, -0.05) is 5.16 Å². The first-order valence-electron chi connectivity index (χ1n) is 8.05. The van der Waals surface area contributed by atoms with Gasteiger partial charge in [0.1, 0.15) is 5.82 Å². The van der Waals surface area contributed by atoms with Gasteiger partial charge in [0.2, 0.25) is 0 Å². The maximum Gasteiger partial charge on any atom is 0.170 e. The van der Waals surface area contributed by atoms with Crippen LogP contribution in [-0.4, -0.2) is 55.2 Å². The summed E-state index contributed by atoms with van der Waals surface area (Å²) in [7, 11) is 4.23. The first-order valence-corrected chi connectivity index (χ1v) is 8.05. The zero-order valence-corrected chi connectivity index (χ0v) is 13.4. The lowest BCUT2D eigenvalue weighted by atomic mass is 9.91. The van der Waals surface area contributed by atoms with Gasteiger partial charge in [-0.05, 0) is 71.7 Å². The van der Waals surface area contributed by atoms with E-state index in [-0.39, 0.29) is 5.82 Å². The molecule has 5 heteroatoms. The molecule has 22 heavy (non-hydrogen) atoms. The maximum absolute atomic E-state index is 13.2. The molecule has 1 saturated heterocycles. The van der Waals surface area contributed by atoms with E-state index < -0.39 is 0 Å². The Morgan fingerprint density at radius 1 is 1.32 bits per heavy atom. The molecule has 0 atom stereocenters. The van der Waals surface area contributed by atoms with E-state index >= 15 is 0 Å². The van der Waals surface area contributed by atoms with Crippen LogP contribution >= 0.6 is 0 Å². The molecule has 0 aliphatic carbocycles. The van der Waals surface area contributed by atoms with Crippen molar-refractivity contribution in [2.75, 3.05) is 40.3 Å². The number of benzene rings is 1. The van der Waals surface area contributed by atoms with Crippen molar-refractivity contribution in [2.24, 2.45) is 0 Å². The van der Waals surface area contributed by atoms with E-state index in [0.717, 1.165) is 50.1 Å². The minimum atomic E-state index is -0.272. The molecule has 2 aromatic rings. The molecular weight excluding hydrogens is 281 g/mol. The highest BCUT2D eigenvalue weighted by Gasteiger charge is 2.24. The van der Waals surface area contributed by atoms with E-state index in [2.05, 4.69) is 29.1 Å². The van der Waals surface area contributed by atoms with Crippen LogP contribution in [0, 0.1) is 5.82 Å². The number of halogens is 1. The van der Waals surface area contributed by atoms with E-state index in [1.807, 2.05) is 0 Å². The van der Waals surface area contributed by atoms with Gasteiger partial charge in [0.15, 0.2) is 5.58 Å². The van der Waals surface area contributed by atoms with Crippen molar-refractivity contribution in [3.05, 3.63) is 29.7 Å². The quantitative estimate of drug-likeness (QED) is 0.850. The van der Waals surface area contributed by atoms with E-state index in [9.17, 15) is 4.39 Å². The predicted octanol–water partition coefficient (Wildman–Crippen LogP) is 3.10. The Kier molecular flexibility index (Phi) is 4.74. The van der Waals surface area contributed by atoms with Gasteiger partial charge >= 0.3 is 0 Å². The SMILES string of the molecule is CN(C)CCCN1CCC(c2noc3cc(F)ccc23)CC1. The summed E-state index contributed by atoms with van der Waals surface area (Å²) in [5.74, 6) is 0.155. The lowest BCUT2D eigenvalue weighted by Crippen LogP contribution is -2.34. The average molecular weight is 305 g/mol. The third-order valence-corrected chi connectivity index (χ3v) is 4.52. The number of nitrogens with zero attached hydrogens (tertiary/aromatic N) is 3. The number of piperidine rings is 1. The largest absolute Gasteiger partial charge is 0.356 e. The summed E-state index contributed by atoms with van der Waals surface area (Å²) in [6, 6.07) is 4.70. The highest BCUT2D eigenvalue weighted by atomic mass is 19.1. The topological polar surface area (TPSA) is 32.5 Å². The molecule has 3 rings (SSSR count). The number of fused-ring (bicyclic) bond motifs is 1. The Morgan fingerprint density at radius 3 is 2.82 bits per heavy atom. The van der Waals surface area contributed by atoms with Gasteiger partial charge in [-0.3, -0.25) is 0 Å². The number of rotatable bonds is 5. The van der Waals surface area contributed by atoms with Gasteiger partial charge in [-0.2, -0.15) is 0 Å². The van der Waals surface area contributed by atoms with Crippen LogP contribution in [0.5, 0.6) is 0 Å². The Labute approximate surface area is 130 Å². The number of hydrogen-bond donors (Lipinski definition) is 0. The van der Waals surface area contributed by atoms with Crippen molar-refractivity contribution >= 4 is 11.0 Å². The molecule has 1 aliphatic heterocycles. The molecule has 0 radical (unpaired) electrons. The van der Waals surface area contributed by atoms with E-state index in [4.69, 9.17) is 4.52 Å². The van der Waals surface area contributed by atoms with Crippen LogP contribution in [0.3, 0.4) is 0 Å². The fraction of sp³-hybridized carbons (Fsp3) is 0.588. The Bertz CT molecular complexity index is 617. The van der Waals surface area contributed by atoms with Crippen molar-refractivity contribution in [1.29, 1.82) is 0 Å². The summed E-state index contributed by atoms with van der Waals surface area (Å²) in [5.41, 5.74) is 1.56. The third-order valence-electron chi connectivity index (χ3n) is 4.52.